The second kappa shape index (κ2) is 9.41. The van der Waals surface area contributed by atoms with Crippen molar-refractivity contribution < 1.29 is 19.1 Å². The lowest BCUT2D eigenvalue weighted by Crippen LogP contribution is -2.48. The number of likely N-dealkylation sites (tertiary alicyclic amines) is 1. The number of fused-ring (bicyclic) bond motifs is 1. The van der Waals surface area contributed by atoms with Crippen molar-refractivity contribution in [2.75, 3.05) is 26.2 Å². The number of carbonyl (C=O) groups excluding carboxylic acids is 1. The van der Waals surface area contributed by atoms with Crippen LogP contribution in [0.25, 0.3) is 11.0 Å². The van der Waals surface area contributed by atoms with Crippen LogP contribution in [-0.4, -0.2) is 59.2 Å². The van der Waals surface area contributed by atoms with Crippen LogP contribution in [0.3, 0.4) is 0 Å². The lowest BCUT2D eigenvalue weighted by atomic mass is 9.84. The summed E-state index contributed by atoms with van der Waals surface area (Å²) in [4.78, 5) is 17.3. The minimum atomic E-state index is -0.872. The summed E-state index contributed by atoms with van der Waals surface area (Å²) >= 11 is 0. The van der Waals surface area contributed by atoms with E-state index in [0.717, 1.165) is 30.6 Å². The molecule has 186 valence electrons. The van der Waals surface area contributed by atoms with Crippen molar-refractivity contribution in [3.05, 3.63) is 70.5 Å². The Labute approximate surface area is 207 Å². The molecule has 2 aliphatic heterocycles. The summed E-state index contributed by atoms with van der Waals surface area (Å²) in [5.74, 6) is 0.233. The summed E-state index contributed by atoms with van der Waals surface area (Å²) in [6.45, 7) is 12.0. The number of piperidine rings is 1. The number of carbonyl (C=O) groups is 1. The second-order valence-electron chi connectivity index (χ2n) is 10.6. The number of nitrogens with zero attached hydrogens (tertiary/aromatic N) is 2. The summed E-state index contributed by atoms with van der Waals surface area (Å²) < 4.78 is 11.7. The molecule has 0 unspecified atom stereocenters. The predicted molar refractivity (Wildman–Crippen MR) is 136 cm³/mol. The molecule has 0 aliphatic carbocycles. The molecule has 6 heteroatoms. The van der Waals surface area contributed by atoms with Gasteiger partial charge in [0.2, 0.25) is 0 Å². The van der Waals surface area contributed by atoms with Crippen molar-refractivity contribution >= 4 is 16.9 Å². The SMILES string of the molecule is Cc1ccc(CN2CCC(O)(c3ccc4oc(C(=O)N5C[C@@H](C)O[C@@H](C)C5)cc4c3)CC2)c(C)c1. The highest BCUT2D eigenvalue weighted by Crippen LogP contribution is 2.36. The predicted octanol–water partition coefficient (Wildman–Crippen LogP) is 4.78. The van der Waals surface area contributed by atoms with Gasteiger partial charge in [-0.25, -0.2) is 0 Å². The molecule has 1 amide bonds. The Morgan fingerprint density at radius 3 is 2.43 bits per heavy atom. The van der Waals surface area contributed by atoms with E-state index in [2.05, 4.69) is 36.9 Å². The Morgan fingerprint density at radius 1 is 1.03 bits per heavy atom. The Kier molecular flexibility index (Phi) is 6.47. The van der Waals surface area contributed by atoms with Gasteiger partial charge in [0.1, 0.15) is 5.58 Å². The number of hydrogen-bond donors (Lipinski definition) is 1. The topological polar surface area (TPSA) is 66.2 Å². The van der Waals surface area contributed by atoms with Crippen LogP contribution in [0.15, 0.2) is 46.9 Å². The van der Waals surface area contributed by atoms with Crippen molar-refractivity contribution in [3.8, 4) is 0 Å². The van der Waals surface area contributed by atoms with Crippen LogP contribution in [0.5, 0.6) is 0 Å². The number of hydrogen-bond acceptors (Lipinski definition) is 5. The van der Waals surface area contributed by atoms with Crippen molar-refractivity contribution in [1.29, 1.82) is 0 Å². The molecule has 2 aromatic carbocycles. The van der Waals surface area contributed by atoms with Crippen LogP contribution in [-0.2, 0) is 16.9 Å². The zero-order valence-corrected chi connectivity index (χ0v) is 21.2. The molecule has 2 atom stereocenters. The van der Waals surface area contributed by atoms with Gasteiger partial charge < -0.3 is 19.2 Å². The highest BCUT2D eigenvalue weighted by atomic mass is 16.5. The number of benzene rings is 2. The van der Waals surface area contributed by atoms with E-state index in [1.807, 2.05) is 38.1 Å². The molecule has 2 aliphatic rings. The van der Waals surface area contributed by atoms with Gasteiger partial charge in [0.05, 0.1) is 17.8 Å². The van der Waals surface area contributed by atoms with Gasteiger partial charge in [-0.05, 0) is 75.4 Å². The van der Waals surface area contributed by atoms with E-state index in [0.29, 0.717) is 37.3 Å². The van der Waals surface area contributed by atoms with Gasteiger partial charge in [-0.3, -0.25) is 9.69 Å². The van der Waals surface area contributed by atoms with Crippen molar-refractivity contribution in [3.63, 3.8) is 0 Å². The molecule has 2 fully saturated rings. The first-order valence-electron chi connectivity index (χ1n) is 12.7. The van der Waals surface area contributed by atoms with E-state index >= 15 is 0 Å². The molecule has 0 spiro atoms. The van der Waals surface area contributed by atoms with Gasteiger partial charge >= 0.3 is 0 Å². The molecule has 2 saturated heterocycles. The Hall–Kier alpha value is -2.67. The quantitative estimate of drug-likeness (QED) is 0.587. The molecule has 5 rings (SSSR count). The standard InChI is InChI=1S/C29H36N2O4/c1-19-5-6-23(20(2)13-19)18-30-11-9-29(33,10-12-30)25-7-8-26-24(14-25)15-27(35-26)28(32)31-16-21(3)34-22(4)17-31/h5-8,13-15,21-22,33H,9-12,16-18H2,1-4H3/t21-,22+. The number of aliphatic hydroxyl groups is 1. The highest BCUT2D eigenvalue weighted by molar-refractivity contribution is 5.96. The first-order chi connectivity index (χ1) is 16.7. The Bertz CT molecular complexity index is 1210. The number of aryl methyl sites for hydroxylation is 2. The third-order valence-corrected chi connectivity index (χ3v) is 7.55. The highest BCUT2D eigenvalue weighted by Gasteiger charge is 2.35. The molecule has 0 bridgehead atoms. The number of rotatable bonds is 4. The fourth-order valence-corrected chi connectivity index (χ4v) is 5.57. The van der Waals surface area contributed by atoms with Crippen LogP contribution in [0.2, 0.25) is 0 Å². The number of ether oxygens (including phenoxy) is 1. The van der Waals surface area contributed by atoms with Gasteiger partial charge in [-0.1, -0.05) is 29.8 Å². The maximum Gasteiger partial charge on any atom is 0.289 e. The van der Waals surface area contributed by atoms with E-state index < -0.39 is 5.60 Å². The van der Waals surface area contributed by atoms with Gasteiger partial charge in [0.15, 0.2) is 5.76 Å². The van der Waals surface area contributed by atoms with Crippen molar-refractivity contribution in [2.45, 2.75) is 64.9 Å². The van der Waals surface area contributed by atoms with Gasteiger partial charge in [-0.15, -0.1) is 0 Å². The lowest BCUT2D eigenvalue weighted by molar-refractivity contribution is -0.0591. The molecular weight excluding hydrogens is 440 g/mol. The third-order valence-electron chi connectivity index (χ3n) is 7.55. The van der Waals surface area contributed by atoms with Crippen LogP contribution >= 0.6 is 0 Å². The summed E-state index contributed by atoms with van der Waals surface area (Å²) in [6.07, 6.45) is 1.37. The van der Waals surface area contributed by atoms with E-state index in [4.69, 9.17) is 9.15 Å². The zero-order chi connectivity index (χ0) is 24.7. The minimum Gasteiger partial charge on any atom is -0.451 e. The third kappa shape index (κ3) is 5.01. The minimum absolute atomic E-state index is 0.00807. The molecule has 0 saturated carbocycles. The molecule has 6 nitrogen and oxygen atoms in total. The molecule has 3 aromatic rings. The van der Waals surface area contributed by atoms with Gasteiger partial charge in [-0.2, -0.15) is 0 Å². The largest absolute Gasteiger partial charge is 0.451 e. The number of morpholine rings is 1. The average Bonchev–Trinajstić information content (AvgIpc) is 3.25. The van der Waals surface area contributed by atoms with Crippen molar-refractivity contribution in [1.82, 2.24) is 9.80 Å². The van der Waals surface area contributed by atoms with Crippen molar-refractivity contribution in [2.24, 2.45) is 0 Å². The molecular formula is C29H36N2O4. The summed E-state index contributed by atoms with van der Waals surface area (Å²) in [5.41, 5.74) is 4.65. The monoisotopic (exact) mass is 476 g/mol. The first-order valence-corrected chi connectivity index (χ1v) is 12.7. The summed E-state index contributed by atoms with van der Waals surface area (Å²) in [5, 5.41) is 12.4. The maximum atomic E-state index is 13.1. The van der Waals surface area contributed by atoms with Crippen LogP contribution in [0.4, 0.5) is 0 Å². The average molecular weight is 477 g/mol. The number of furan rings is 1. The van der Waals surface area contributed by atoms with Gasteiger partial charge in [0, 0.05) is 38.1 Å². The lowest BCUT2D eigenvalue weighted by Gasteiger charge is -2.38. The molecule has 1 aromatic heterocycles. The normalized spacial score (nSPS) is 23.1. The number of amides is 1. The summed E-state index contributed by atoms with van der Waals surface area (Å²) in [6, 6.07) is 14.2. The van der Waals surface area contributed by atoms with E-state index in [1.54, 1.807) is 4.90 Å². The van der Waals surface area contributed by atoms with E-state index in [-0.39, 0.29) is 18.1 Å². The summed E-state index contributed by atoms with van der Waals surface area (Å²) in [7, 11) is 0. The van der Waals surface area contributed by atoms with Crippen LogP contribution < -0.4 is 0 Å². The van der Waals surface area contributed by atoms with Gasteiger partial charge in [0.25, 0.3) is 5.91 Å². The fourth-order valence-electron chi connectivity index (χ4n) is 5.57. The van der Waals surface area contributed by atoms with E-state index in [1.165, 1.54) is 16.7 Å². The fraction of sp³-hybridized carbons (Fsp3) is 0.483. The Morgan fingerprint density at radius 2 is 1.74 bits per heavy atom. The molecule has 1 N–H and O–H groups in total. The zero-order valence-electron chi connectivity index (χ0n) is 21.2. The Balaban J connectivity index is 1.28. The second-order valence-corrected chi connectivity index (χ2v) is 10.6. The molecule has 0 radical (unpaired) electrons. The smallest absolute Gasteiger partial charge is 0.289 e. The first kappa shape index (κ1) is 24.0. The van der Waals surface area contributed by atoms with Crippen LogP contribution in [0.1, 0.15) is 59.5 Å². The molecule has 3 heterocycles. The van der Waals surface area contributed by atoms with E-state index in [9.17, 15) is 9.90 Å². The van der Waals surface area contributed by atoms with Crippen LogP contribution in [0, 0.1) is 13.8 Å². The molecule has 35 heavy (non-hydrogen) atoms. The maximum absolute atomic E-state index is 13.1.